The number of hydrogen-bond donors (Lipinski definition) is 2. The van der Waals surface area contributed by atoms with Crippen molar-refractivity contribution in [3.8, 4) is 0 Å². The maximum absolute atomic E-state index is 12.3. The number of rotatable bonds is 5. The summed E-state index contributed by atoms with van der Waals surface area (Å²) in [4.78, 5) is 27.9. The van der Waals surface area contributed by atoms with E-state index in [1.54, 1.807) is 24.3 Å². The van der Waals surface area contributed by atoms with E-state index >= 15 is 0 Å². The maximum atomic E-state index is 12.3. The Hall–Kier alpha value is -3.46. The third-order valence-electron chi connectivity index (χ3n) is 3.53. The van der Waals surface area contributed by atoms with Gasteiger partial charge in [0.1, 0.15) is 11.5 Å². The summed E-state index contributed by atoms with van der Waals surface area (Å²) in [6, 6.07) is 13.8. The number of carbonyl (C=O) groups excluding carboxylic acids is 2. The van der Waals surface area contributed by atoms with E-state index in [-0.39, 0.29) is 27.7 Å². The summed E-state index contributed by atoms with van der Waals surface area (Å²) in [5, 5.41) is 0. The lowest BCUT2D eigenvalue weighted by molar-refractivity contribution is 0.0830. The first-order valence-electron chi connectivity index (χ1n) is 7.83. The maximum Gasteiger partial charge on any atom is 0.305 e. The highest BCUT2D eigenvalue weighted by Gasteiger charge is 2.19. The molecule has 3 rings (SSSR count). The van der Waals surface area contributed by atoms with E-state index in [0.29, 0.717) is 0 Å². The van der Waals surface area contributed by atoms with Crippen molar-refractivity contribution in [2.24, 2.45) is 0 Å². The van der Waals surface area contributed by atoms with Crippen LogP contribution in [-0.4, -0.2) is 25.2 Å². The molecule has 27 heavy (non-hydrogen) atoms. The van der Waals surface area contributed by atoms with Crippen LogP contribution in [0.15, 0.2) is 76.3 Å². The van der Waals surface area contributed by atoms with Crippen LogP contribution >= 0.6 is 0 Å². The Kier molecular flexibility index (Phi) is 5.32. The third-order valence-corrected chi connectivity index (χ3v) is 5.19. The fourth-order valence-corrected chi connectivity index (χ4v) is 3.49. The van der Waals surface area contributed by atoms with Crippen molar-refractivity contribution in [3.05, 3.63) is 84.1 Å². The summed E-state index contributed by atoms with van der Waals surface area (Å²) < 4.78 is 29.9. The quantitative estimate of drug-likeness (QED) is 0.646. The van der Waals surface area contributed by atoms with Crippen LogP contribution in [-0.2, 0) is 15.6 Å². The predicted octanol–water partition coefficient (Wildman–Crippen LogP) is 1.72. The molecular formula is C18H15N3O5S. The van der Waals surface area contributed by atoms with E-state index in [1.165, 1.54) is 42.7 Å². The summed E-state index contributed by atoms with van der Waals surface area (Å²) in [5.41, 5.74) is 4.69. The van der Waals surface area contributed by atoms with Crippen molar-refractivity contribution in [1.82, 2.24) is 15.8 Å². The minimum absolute atomic E-state index is 0.114. The van der Waals surface area contributed by atoms with E-state index < -0.39 is 21.7 Å². The molecule has 9 heteroatoms. The second-order valence-corrected chi connectivity index (χ2v) is 7.48. The number of carbonyl (C=O) groups is 2. The summed E-state index contributed by atoms with van der Waals surface area (Å²) in [5.74, 6) is -1.65. The van der Waals surface area contributed by atoms with Crippen molar-refractivity contribution in [2.45, 2.75) is 10.6 Å². The van der Waals surface area contributed by atoms with Gasteiger partial charge in [-0.25, -0.2) is 8.42 Å². The van der Waals surface area contributed by atoms with Gasteiger partial charge in [-0.15, -0.1) is 0 Å². The van der Waals surface area contributed by atoms with Crippen LogP contribution in [0.25, 0.3) is 0 Å². The molecule has 0 unspecified atom stereocenters. The number of hydrazine groups is 1. The van der Waals surface area contributed by atoms with Crippen LogP contribution < -0.4 is 10.9 Å². The van der Waals surface area contributed by atoms with Gasteiger partial charge in [-0.3, -0.25) is 25.4 Å². The van der Waals surface area contributed by atoms with E-state index in [2.05, 4.69) is 15.8 Å². The normalized spacial score (nSPS) is 11.0. The van der Waals surface area contributed by atoms with Gasteiger partial charge in [-0.1, -0.05) is 18.2 Å². The molecule has 0 saturated heterocycles. The van der Waals surface area contributed by atoms with Crippen LogP contribution in [0.3, 0.4) is 0 Å². The SMILES string of the molecule is O=C(NNC(=O)c1ccc(CS(=O)(=O)c2ccccc2)o1)c1cccnc1. The average molecular weight is 385 g/mol. The molecule has 138 valence electrons. The Labute approximate surface area is 155 Å². The molecule has 0 spiro atoms. The Morgan fingerprint density at radius 3 is 2.37 bits per heavy atom. The van der Waals surface area contributed by atoms with Gasteiger partial charge >= 0.3 is 5.91 Å². The number of furan rings is 1. The van der Waals surface area contributed by atoms with Crippen LogP contribution in [0, 0.1) is 0 Å². The summed E-state index contributed by atoms with van der Waals surface area (Å²) in [6.45, 7) is 0. The van der Waals surface area contributed by atoms with Crippen molar-refractivity contribution >= 4 is 21.7 Å². The molecular weight excluding hydrogens is 370 g/mol. The number of nitrogens with one attached hydrogen (secondary N) is 2. The van der Waals surface area contributed by atoms with Gasteiger partial charge in [-0.2, -0.15) is 0 Å². The number of amides is 2. The van der Waals surface area contributed by atoms with E-state index in [9.17, 15) is 18.0 Å². The molecule has 1 aromatic carbocycles. The van der Waals surface area contributed by atoms with Gasteiger partial charge in [0.25, 0.3) is 5.91 Å². The monoisotopic (exact) mass is 385 g/mol. The topological polar surface area (TPSA) is 118 Å². The zero-order valence-electron chi connectivity index (χ0n) is 14.0. The van der Waals surface area contributed by atoms with Gasteiger partial charge in [0.15, 0.2) is 15.6 Å². The molecule has 0 aliphatic carbocycles. The van der Waals surface area contributed by atoms with Crippen LogP contribution in [0.5, 0.6) is 0 Å². The number of hydrogen-bond acceptors (Lipinski definition) is 6. The lowest BCUT2D eigenvalue weighted by Gasteiger charge is -2.05. The standard InChI is InChI=1S/C18H15N3O5S/c22-17(13-5-4-10-19-11-13)20-21-18(23)16-9-8-14(26-16)12-27(24,25)15-6-2-1-3-7-15/h1-11H,12H2,(H,20,22)(H,21,23). The van der Waals surface area contributed by atoms with Gasteiger partial charge in [0.05, 0.1) is 10.5 Å². The molecule has 0 radical (unpaired) electrons. The number of pyridine rings is 1. The number of sulfone groups is 1. The molecule has 2 amide bonds. The molecule has 2 heterocycles. The summed E-state index contributed by atoms with van der Waals surface area (Å²) >= 11 is 0. The van der Waals surface area contributed by atoms with Gasteiger partial charge in [0.2, 0.25) is 0 Å². The molecule has 0 aliphatic rings. The molecule has 8 nitrogen and oxygen atoms in total. The fourth-order valence-electron chi connectivity index (χ4n) is 2.22. The highest BCUT2D eigenvalue weighted by Crippen LogP contribution is 2.18. The minimum atomic E-state index is -3.59. The highest BCUT2D eigenvalue weighted by molar-refractivity contribution is 7.90. The van der Waals surface area contributed by atoms with E-state index in [0.717, 1.165) is 0 Å². The first-order valence-corrected chi connectivity index (χ1v) is 9.48. The zero-order valence-corrected chi connectivity index (χ0v) is 14.8. The zero-order chi connectivity index (χ0) is 19.3. The van der Waals surface area contributed by atoms with Crippen molar-refractivity contribution in [3.63, 3.8) is 0 Å². The van der Waals surface area contributed by atoms with Crippen molar-refractivity contribution < 1.29 is 22.4 Å². The Morgan fingerprint density at radius 2 is 1.67 bits per heavy atom. The number of aromatic nitrogens is 1. The lowest BCUT2D eigenvalue weighted by atomic mass is 10.3. The molecule has 0 atom stereocenters. The molecule has 0 aliphatic heterocycles. The molecule has 0 fully saturated rings. The first kappa shape index (κ1) is 18.3. The largest absolute Gasteiger partial charge is 0.455 e. The van der Waals surface area contributed by atoms with E-state index in [4.69, 9.17) is 4.42 Å². The highest BCUT2D eigenvalue weighted by atomic mass is 32.2. The van der Waals surface area contributed by atoms with Crippen LogP contribution in [0.4, 0.5) is 0 Å². The van der Waals surface area contributed by atoms with Crippen LogP contribution in [0.1, 0.15) is 26.7 Å². The summed E-state index contributed by atoms with van der Waals surface area (Å²) in [7, 11) is -3.59. The molecule has 2 aromatic heterocycles. The summed E-state index contributed by atoms with van der Waals surface area (Å²) in [6.07, 6.45) is 2.87. The van der Waals surface area contributed by atoms with Gasteiger partial charge < -0.3 is 4.42 Å². The Balaban J connectivity index is 1.62. The van der Waals surface area contributed by atoms with Gasteiger partial charge in [0, 0.05) is 12.4 Å². The Morgan fingerprint density at radius 1 is 0.926 bits per heavy atom. The van der Waals surface area contributed by atoms with Gasteiger partial charge in [-0.05, 0) is 36.4 Å². The van der Waals surface area contributed by atoms with Crippen LogP contribution in [0.2, 0.25) is 0 Å². The molecule has 2 N–H and O–H groups in total. The molecule has 3 aromatic rings. The second kappa shape index (κ2) is 7.83. The third kappa shape index (κ3) is 4.59. The Bertz CT molecular complexity index is 1050. The number of benzene rings is 1. The fraction of sp³-hybridized carbons (Fsp3) is 0.0556. The smallest absolute Gasteiger partial charge is 0.305 e. The lowest BCUT2D eigenvalue weighted by Crippen LogP contribution is -2.41. The molecule has 0 saturated carbocycles. The van der Waals surface area contributed by atoms with Crippen molar-refractivity contribution in [2.75, 3.05) is 0 Å². The first-order chi connectivity index (χ1) is 13.0. The average Bonchev–Trinajstić information content (AvgIpc) is 3.15. The minimum Gasteiger partial charge on any atom is -0.455 e. The molecule has 0 bridgehead atoms. The predicted molar refractivity (Wildman–Crippen MR) is 95.2 cm³/mol. The van der Waals surface area contributed by atoms with Crippen molar-refractivity contribution in [1.29, 1.82) is 0 Å². The number of nitrogens with zero attached hydrogens (tertiary/aromatic N) is 1. The van der Waals surface area contributed by atoms with E-state index in [1.807, 2.05) is 0 Å². The second-order valence-electron chi connectivity index (χ2n) is 5.49.